The molecule has 1 fully saturated rings. The third kappa shape index (κ3) is 3.12. The molecule has 5 rings (SSSR count). The highest BCUT2D eigenvalue weighted by Gasteiger charge is 2.17. The summed E-state index contributed by atoms with van der Waals surface area (Å²) in [6, 6.07) is 12.5. The maximum Gasteiger partial charge on any atom is 0.130 e. The predicted octanol–water partition coefficient (Wildman–Crippen LogP) is 4.69. The highest BCUT2D eigenvalue weighted by Crippen LogP contribution is 2.36. The summed E-state index contributed by atoms with van der Waals surface area (Å²) >= 11 is 1.69. The lowest BCUT2D eigenvalue weighted by molar-refractivity contribution is 0.417. The second kappa shape index (κ2) is 7.11. The van der Waals surface area contributed by atoms with E-state index in [0.29, 0.717) is 5.92 Å². The number of hydrogen-bond donors (Lipinski definition) is 1. The maximum atomic E-state index is 5.63. The van der Waals surface area contributed by atoms with Gasteiger partial charge in [0.2, 0.25) is 0 Å². The number of methoxy groups -OCH3 is 1. The molecule has 1 saturated heterocycles. The van der Waals surface area contributed by atoms with Crippen molar-refractivity contribution in [2.75, 3.05) is 20.2 Å². The average molecular weight is 391 g/mol. The molecule has 4 aromatic rings. The predicted molar refractivity (Wildman–Crippen MR) is 114 cm³/mol. The van der Waals surface area contributed by atoms with Crippen molar-refractivity contribution in [3.8, 4) is 17.0 Å². The minimum absolute atomic E-state index is 0.544. The number of rotatable bonds is 3. The topological polar surface area (TPSA) is 59.9 Å². The number of nitrogens with one attached hydrogen (secondary N) is 1. The minimum atomic E-state index is 0.544. The molecule has 5 nitrogen and oxygen atoms in total. The number of aryl methyl sites for hydroxylation is 1. The Morgan fingerprint density at radius 1 is 0.964 bits per heavy atom. The number of nitrogens with zero attached hydrogens (tertiary/aromatic N) is 3. The molecule has 1 aliphatic rings. The maximum absolute atomic E-state index is 5.63. The number of hydrogen-bond acceptors (Lipinski definition) is 6. The minimum Gasteiger partial charge on any atom is -0.496 e. The van der Waals surface area contributed by atoms with Crippen LogP contribution in [-0.4, -0.2) is 35.2 Å². The number of aromatic nitrogens is 3. The fraction of sp³-hybridized carbons (Fsp3) is 0.318. The molecule has 6 heteroatoms. The van der Waals surface area contributed by atoms with Crippen molar-refractivity contribution in [3.05, 3.63) is 47.1 Å². The van der Waals surface area contributed by atoms with Crippen LogP contribution in [0.1, 0.15) is 29.5 Å². The molecule has 0 spiro atoms. The van der Waals surface area contributed by atoms with E-state index in [4.69, 9.17) is 14.7 Å². The van der Waals surface area contributed by atoms with Crippen molar-refractivity contribution >= 4 is 32.6 Å². The summed E-state index contributed by atoms with van der Waals surface area (Å²) in [6.45, 7) is 4.17. The fourth-order valence-electron chi connectivity index (χ4n) is 3.96. The van der Waals surface area contributed by atoms with Gasteiger partial charge in [0.05, 0.1) is 39.1 Å². The molecule has 0 bridgehead atoms. The Morgan fingerprint density at radius 3 is 2.57 bits per heavy atom. The van der Waals surface area contributed by atoms with Crippen molar-refractivity contribution < 1.29 is 4.74 Å². The van der Waals surface area contributed by atoms with E-state index in [1.54, 1.807) is 18.4 Å². The van der Waals surface area contributed by atoms with Crippen molar-refractivity contribution in [2.24, 2.45) is 0 Å². The van der Waals surface area contributed by atoms with Crippen LogP contribution in [0.5, 0.6) is 5.75 Å². The van der Waals surface area contributed by atoms with Gasteiger partial charge in [0, 0.05) is 23.2 Å². The third-order valence-corrected chi connectivity index (χ3v) is 6.35. The average Bonchev–Trinajstić information content (AvgIpc) is 3.11. The van der Waals surface area contributed by atoms with E-state index >= 15 is 0 Å². The number of fused-ring (bicyclic) bond motifs is 2. The van der Waals surface area contributed by atoms with E-state index in [1.807, 2.05) is 19.1 Å². The molecule has 28 heavy (non-hydrogen) atoms. The van der Waals surface area contributed by atoms with Crippen molar-refractivity contribution in [1.29, 1.82) is 0 Å². The van der Waals surface area contributed by atoms with Crippen LogP contribution < -0.4 is 10.1 Å². The Hall–Kier alpha value is -2.57. The van der Waals surface area contributed by atoms with Crippen LogP contribution in [-0.2, 0) is 0 Å². The molecule has 1 aromatic carbocycles. The Labute approximate surface area is 167 Å². The summed E-state index contributed by atoms with van der Waals surface area (Å²) in [5.41, 5.74) is 5.91. The fourth-order valence-corrected chi connectivity index (χ4v) is 4.81. The van der Waals surface area contributed by atoms with Crippen LogP contribution in [0.4, 0.5) is 0 Å². The molecule has 3 aromatic heterocycles. The first-order chi connectivity index (χ1) is 13.7. The highest BCUT2D eigenvalue weighted by molar-refractivity contribution is 7.18. The molecule has 0 amide bonds. The smallest absolute Gasteiger partial charge is 0.130 e. The van der Waals surface area contributed by atoms with Gasteiger partial charge in [0.25, 0.3) is 0 Å². The molecule has 0 atom stereocenters. The van der Waals surface area contributed by atoms with Gasteiger partial charge in [0.1, 0.15) is 5.75 Å². The molecule has 0 aliphatic carbocycles. The lowest BCUT2D eigenvalue weighted by atomic mass is 9.94. The molecule has 0 saturated carbocycles. The largest absolute Gasteiger partial charge is 0.496 e. The van der Waals surface area contributed by atoms with Gasteiger partial charge in [-0.25, -0.2) is 9.97 Å². The van der Waals surface area contributed by atoms with E-state index < -0.39 is 0 Å². The van der Waals surface area contributed by atoms with Crippen molar-refractivity contribution in [1.82, 2.24) is 20.3 Å². The van der Waals surface area contributed by atoms with E-state index in [9.17, 15) is 0 Å². The second-order valence-corrected chi connectivity index (χ2v) is 8.48. The van der Waals surface area contributed by atoms with Crippen LogP contribution in [0.15, 0.2) is 36.4 Å². The van der Waals surface area contributed by atoms with E-state index in [1.165, 1.54) is 5.69 Å². The molecular weight excluding hydrogens is 368 g/mol. The van der Waals surface area contributed by atoms with Gasteiger partial charge in [-0.1, -0.05) is 0 Å². The van der Waals surface area contributed by atoms with Crippen LogP contribution in [0.3, 0.4) is 0 Å². The first kappa shape index (κ1) is 17.5. The van der Waals surface area contributed by atoms with Gasteiger partial charge in [-0.3, -0.25) is 4.98 Å². The SMILES string of the molecule is COc1cc2nc(C)sc2cc1-c1ccc2nc(C3CCNCC3)ccc2n1. The van der Waals surface area contributed by atoms with E-state index in [-0.39, 0.29) is 0 Å². The zero-order valence-corrected chi connectivity index (χ0v) is 16.8. The summed E-state index contributed by atoms with van der Waals surface area (Å²) in [4.78, 5) is 14.3. The van der Waals surface area contributed by atoms with Gasteiger partial charge < -0.3 is 10.1 Å². The van der Waals surface area contributed by atoms with E-state index in [0.717, 1.165) is 69.2 Å². The highest BCUT2D eigenvalue weighted by atomic mass is 32.1. The first-order valence-corrected chi connectivity index (χ1v) is 10.5. The quantitative estimate of drug-likeness (QED) is 0.550. The Bertz CT molecular complexity index is 1160. The summed E-state index contributed by atoms with van der Waals surface area (Å²) in [6.07, 6.45) is 2.30. The van der Waals surface area contributed by atoms with Gasteiger partial charge >= 0.3 is 0 Å². The Kier molecular flexibility index (Phi) is 4.45. The lowest BCUT2D eigenvalue weighted by Gasteiger charge is -2.22. The van der Waals surface area contributed by atoms with Crippen LogP contribution in [0.25, 0.3) is 32.5 Å². The normalized spacial score (nSPS) is 15.4. The van der Waals surface area contributed by atoms with Crippen LogP contribution >= 0.6 is 11.3 Å². The molecule has 1 N–H and O–H groups in total. The Balaban J connectivity index is 1.57. The summed E-state index contributed by atoms with van der Waals surface area (Å²) in [5.74, 6) is 1.34. The zero-order chi connectivity index (χ0) is 19.1. The second-order valence-electron chi connectivity index (χ2n) is 7.25. The van der Waals surface area contributed by atoms with Gasteiger partial charge in [0.15, 0.2) is 0 Å². The first-order valence-electron chi connectivity index (χ1n) is 9.65. The molecule has 0 radical (unpaired) electrons. The van der Waals surface area contributed by atoms with Crippen LogP contribution in [0, 0.1) is 6.92 Å². The summed E-state index contributed by atoms with van der Waals surface area (Å²) in [5, 5.41) is 4.47. The number of thiazole rings is 1. The zero-order valence-electron chi connectivity index (χ0n) is 16.0. The molecule has 1 aliphatic heterocycles. The monoisotopic (exact) mass is 390 g/mol. The van der Waals surface area contributed by atoms with Gasteiger partial charge in [-0.2, -0.15) is 0 Å². The Morgan fingerprint density at radius 2 is 1.75 bits per heavy atom. The number of benzene rings is 1. The van der Waals surface area contributed by atoms with Crippen molar-refractivity contribution in [2.45, 2.75) is 25.7 Å². The molecular formula is C22H22N4OS. The summed E-state index contributed by atoms with van der Waals surface area (Å²) < 4.78 is 6.78. The third-order valence-electron chi connectivity index (χ3n) is 5.41. The summed E-state index contributed by atoms with van der Waals surface area (Å²) in [7, 11) is 1.69. The standard InChI is InChI=1S/C22H22N4OS/c1-13-24-20-12-21(27-2)15(11-22(20)28-13)17-4-6-18-19(26-17)5-3-16(25-18)14-7-9-23-10-8-14/h3-6,11-12,14,23H,7-10H2,1-2H3. The van der Waals surface area contributed by atoms with E-state index in [2.05, 4.69) is 34.6 Å². The number of ether oxygens (including phenoxy) is 1. The number of pyridine rings is 2. The van der Waals surface area contributed by atoms with Crippen LogP contribution in [0.2, 0.25) is 0 Å². The lowest BCUT2D eigenvalue weighted by Crippen LogP contribution is -2.27. The van der Waals surface area contributed by atoms with Crippen molar-refractivity contribution in [3.63, 3.8) is 0 Å². The van der Waals surface area contributed by atoms with Gasteiger partial charge in [-0.05, 0) is 63.2 Å². The van der Waals surface area contributed by atoms with Gasteiger partial charge in [-0.15, -0.1) is 11.3 Å². The molecule has 0 unspecified atom stereocenters. The molecule has 4 heterocycles. The molecule has 142 valence electrons. The number of piperidine rings is 1.